The number of rotatable bonds is 1. The Balaban J connectivity index is 1.96. The monoisotopic (exact) mass is 257 g/mol. The first-order valence-electron chi connectivity index (χ1n) is 6.32. The van der Waals surface area contributed by atoms with Crippen molar-refractivity contribution in [1.29, 1.82) is 0 Å². The first kappa shape index (κ1) is 11.6. The average molecular weight is 258 g/mol. The molecule has 3 rings (SSSR count). The predicted molar refractivity (Wildman–Crippen MR) is 77.6 cm³/mol. The first-order valence-corrected chi connectivity index (χ1v) is 6.70. The van der Waals surface area contributed by atoms with Crippen molar-refractivity contribution in [3.63, 3.8) is 0 Å². The molecule has 0 aromatic heterocycles. The number of aryl methyl sites for hydroxylation is 1. The van der Waals surface area contributed by atoms with Crippen molar-refractivity contribution in [2.45, 2.75) is 19.3 Å². The zero-order valence-corrected chi connectivity index (χ0v) is 11.2. The van der Waals surface area contributed by atoms with Gasteiger partial charge in [0.1, 0.15) is 0 Å². The molecule has 1 heterocycles. The highest BCUT2D eigenvalue weighted by atomic mass is 35.5. The predicted octanol–water partition coefficient (Wildman–Crippen LogP) is 4.40. The van der Waals surface area contributed by atoms with Crippen LogP contribution in [-0.2, 0) is 6.42 Å². The van der Waals surface area contributed by atoms with Gasteiger partial charge in [0.2, 0.25) is 0 Å². The zero-order valence-electron chi connectivity index (χ0n) is 10.4. The van der Waals surface area contributed by atoms with Gasteiger partial charge in [0.05, 0.1) is 0 Å². The van der Waals surface area contributed by atoms with E-state index in [1.165, 1.54) is 22.4 Å². The molecular formula is C16H16ClN. The van der Waals surface area contributed by atoms with E-state index < -0.39 is 0 Å². The van der Waals surface area contributed by atoms with E-state index in [9.17, 15) is 0 Å². The fourth-order valence-electron chi connectivity index (χ4n) is 2.69. The van der Waals surface area contributed by atoms with Crippen LogP contribution < -0.4 is 5.32 Å². The van der Waals surface area contributed by atoms with Gasteiger partial charge in [0, 0.05) is 23.2 Å². The average Bonchev–Trinajstić information content (AvgIpc) is 2.44. The number of benzene rings is 2. The summed E-state index contributed by atoms with van der Waals surface area (Å²) in [5.41, 5.74) is 5.15. The number of anilines is 1. The van der Waals surface area contributed by atoms with Crippen molar-refractivity contribution in [1.82, 2.24) is 0 Å². The quantitative estimate of drug-likeness (QED) is 0.798. The van der Waals surface area contributed by atoms with Crippen LogP contribution in [0.15, 0.2) is 42.5 Å². The summed E-state index contributed by atoms with van der Waals surface area (Å²) in [6, 6.07) is 14.7. The Morgan fingerprint density at radius 1 is 1.11 bits per heavy atom. The minimum atomic E-state index is 0.512. The molecule has 2 aromatic rings. The molecule has 1 unspecified atom stereocenters. The molecule has 18 heavy (non-hydrogen) atoms. The molecule has 1 aliphatic heterocycles. The van der Waals surface area contributed by atoms with Crippen LogP contribution in [0.2, 0.25) is 5.02 Å². The minimum Gasteiger partial charge on any atom is -0.384 e. The summed E-state index contributed by atoms with van der Waals surface area (Å²) < 4.78 is 0. The van der Waals surface area contributed by atoms with Gasteiger partial charge in [-0.3, -0.25) is 0 Å². The lowest BCUT2D eigenvalue weighted by Crippen LogP contribution is -2.22. The van der Waals surface area contributed by atoms with E-state index in [1.54, 1.807) is 0 Å². The molecule has 0 bridgehead atoms. The van der Waals surface area contributed by atoms with Crippen LogP contribution in [0.5, 0.6) is 0 Å². The standard InChI is InChI=1S/C16H16ClN/c1-11-7-8-15(17)14-9-13(10-18-16(11)14)12-5-3-2-4-6-12/h2-8,13,18H,9-10H2,1H3. The maximum absolute atomic E-state index is 6.33. The summed E-state index contributed by atoms with van der Waals surface area (Å²) in [6.45, 7) is 3.11. The molecular weight excluding hydrogens is 242 g/mol. The fraction of sp³-hybridized carbons (Fsp3) is 0.250. The number of hydrogen-bond donors (Lipinski definition) is 1. The van der Waals surface area contributed by atoms with Crippen LogP contribution >= 0.6 is 11.6 Å². The number of nitrogens with one attached hydrogen (secondary N) is 1. The summed E-state index contributed by atoms with van der Waals surface area (Å²) in [7, 11) is 0. The van der Waals surface area contributed by atoms with Gasteiger partial charge in [0.15, 0.2) is 0 Å². The number of hydrogen-bond acceptors (Lipinski definition) is 1. The molecule has 0 amide bonds. The van der Waals surface area contributed by atoms with Gasteiger partial charge in [0.25, 0.3) is 0 Å². The normalized spacial score (nSPS) is 18.0. The Bertz CT molecular complexity index is 563. The molecule has 0 spiro atoms. The van der Waals surface area contributed by atoms with Crippen molar-refractivity contribution in [2.75, 3.05) is 11.9 Å². The third-order valence-electron chi connectivity index (χ3n) is 3.71. The molecule has 0 aliphatic carbocycles. The van der Waals surface area contributed by atoms with E-state index >= 15 is 0 Å². The van der Waals surface area contributed by atoms with Crippen LogP contribution in [0.25, 0.3) is 0 Å². The van der Waals surface area contributed by atoms with Crippen molar-refractivity contribution in [2.24, 2.45) is 0 Å². The Morgan fingerprint density at radius 2 is 1.89 bits per heavy atom. The summed E-state index contributed by atoms with van der Waals surface area (Å²) in [4.78, 5) is 0. The van der Waals surface area contributed by atoms with Crippen LogP contribution in [0.3, 0.4) is 0 Å². The Labute approximate surface area is 113 Å². The fourth-order valence-corrected chi connectivity index (χ4v) is 2.92. The summed E-state index contributed by atoms with van der Waals surface area (Å²) in [5, 5.41) is 4.41. The van der Waals surface area contributed by atoms with Gasteiger partial charge in [-0.05, 0) is 36.1 Å². The van der Waals surface area contributed by atoms with Gasteiger partial charge in [-0.1, -0.05) is 48.0 Å². The number of halogens is 1. The van der Waals surface area contributed by atoms with Gasteiger partial charge in [-0.25, -0.2) is 0 Å². The first-order chi connectivity index (χ1) is 8.75. The van der Waals surface area contributed by atoms with Crippen LogP contribution in [-0.4, -0.2) is 6.54 Å². The van der Waals surface area contributed by atoms with Gasteiger partial charge in [-0.2, -0.15) is 0 Å². The lowest BCUT2D eigenvalue weighted by molar-refractivity contribution is 0.694. The maximum Gasteiger partial charge on any atom is 0.0459 e. The molecule has 1 atom stereocenters. The molecule has 1 N–H and O–H groups in total. The summed E-state index contributed by atoms with van der Waals surface area (Å²) in [5.74, 6) is 0.512. The largest absolute Gasteiger partial charge is 0.384 e. The molecule has 1 nitrogen and oxygen atoms in total. The molecule has 1 aliphatic rings. The van der Waals surface area contributed by atoms with E-state index in [-0.39, 0.29) is 0 Å². The second-order valence-electron chi connectivity index (χ2n) is 4.91. The van der Waals surface area contributed by atoms with Crippen LogP contribution in [0.1, 0.15) is 22.6 Å². The maximum atomic E-state index is 6.33. The van der Waals surface area contributed by atoms with E-state index in [0.717, 1.165) is 18.0 Å². The van der Waals surface area contributed by atoms with E-state index in [2.05, 4.69) is 48.6 Å². The van der Waals surface area contributed by atoms with E-state index in [4.69, 9.17) is 11.6 Å². The van der Waals surface area contributed by atoms with Crippen molar-refractivity contribution >= 4 is 17.3 Å². The molecule has 0 saturated heterocycles. The lowest BCUT2D eigenvalue weighted by atomic mass is 9.87. The van der Waals surface area contributed by atoms with E-state index in [0.29, 0.717) is 5.92 Å². The zero-order chi connectivity index (χ0) is 12.5. The molecule has 92 valence electrons. The number of fused-ring (bicyclic) bond motifs is 1. The van der Waals surface area contributed by atoms with Crippen molar-refractivity contribution < 1.29 is 0 Å². The van der Waals surface area contributed by atoms with Crippen LogP contribution in [0.4, 0.5) is 5.69 Å². The van der Waals surface area contributed by atoms with Crippen molar-refractivity contribution in [3.8, 4) is 0 Å². The van der Waals surface area contributed by atoms with Crippen molar-refractivity contribution in [3.05, 3.63) is 64.2 Å². The minimum absolute atomic E-state index is 0.512. The second-order valence-corrected chi connectivity index (χ2v) is 5.32. The Kier molecular flexibility index (Phi) is 3.00. The lowest BCUT2D eigenvalue weighted by Gasteiger charge is -2.28. The van der Waals surface area contributed by atoms with Crippen LogP contribution in [0, 0.1) is 6.92 Å². The molecule has 0 fully saturated rings. The molecule has 0 radical (unpaired) electrons. The Hall–Kier alpha value is -1.47. The van der Waals surface area contributed by atoms with Gasteiger partial charge < -0.3 is 5.32 Å². The smallest absolute Gasteiger partial charge is 0.0459 e. The Morgan fingerprint density at radius 3 is 2.67 bits per heavy atom. The summed E-state index contributed by atoms with van der Waals surface area (Å²) >= 11 is 6.33. The highest BCUT2D eigenvalue weighted by Gasteiger charge is 2.22. The van der Waals surface area contributed by atoms with E-state index in [1.807, 2.05) is 6.07 Å². The SMILES string of the molecule is Cc1ccc(Cl)c2c1NCC(c1ccccc1)C2. The molecule has 0 saturated carbocycles. The second kappa shape index (κ2) is 4.66. The van der Waals surface area contributed by atoms with Gasteiger partial charge in [-0.15, -0.1) is 0 Å². The topological polar surface area (TPSA) is 12.0 Å². The highest BCUT2D eigenvalue weighted by Crippen LogP contribution is 2.36. The highest BCUT2D eigenvalue weighted by molar-refractivity contribution is 6.31. The summed E-state index contributed by atoms with van der Waals surface area (Å²) in [6.07, 6.45) is 1.02. The molecule has 2 aromatic carbocycles. The third-order valence-corrected chi connectivity index (χ3v) is 4.06. The third kappa shape index (κ3) is 1.99. The molecule has 2 heteroatoms. The van der Waals surface area contributed by atoms with Gasteiger partial charge >= 0.3 is 0 Å².